The van der Waals surface area contributed by atoms with Crippen LogP contribution in [0.3, 0.4) is 0 Å². The molecule has 0 saturated heterocycles. The molecule has 1 N–H and O–H groups in total. The topological polar surface area (TPSA) is 47.6 Å². The van der Waals surface area contributed by atoms with Crippen molar-refractivity contribution in [3.8, 4) is 5.75 Å². The fraction of sp³-hybridized carbons (Fsp3) is 0.533. The van der Waals surface area contributed by atoms with Crippen LogP contribution in [0.1, 0.15) is 44.4 Å². The number of alkyl carbamates (subject to hydrolysis) is 1. The van der Waals surface area contributed by atoms with Gasteiger partial charge in [0, 0.05) is 0 Å². The van der Waals surface area contributed by atoms with Crippen molar-refractivity contribution in [2.45, 2.75) is 45.3 Å². The molecule has 1 aliphatic rings. The second-order valence-electron chi connectivity index (χ2n) is 6.03. The first kappa shape index (κ1) is 14.8. The van der Waals surface area contributed by atoms with Crippen molar-refractivity contribution in [2.75, 3.05) is 7.11 Å². The molecule has 0 saturated carbocycles. The molecule has 1 amide bonds. The average Bonchev–Trinajstić information content (AvgIpc) is 2.68. The van der Waals surface area contributed by atoms with Gasteiger partial charge in [0.1, 0.15) is 19.2 Å². The van der Waals surface area contributed by atoms with Crippen molar-refractivity contribution in [1.29, 1.82) is 0 Å². The quantitative estimate of drug-likeness (QED) is 0.838. The second-order valence-corrected chi connectivity index (χ2v) is 6.03. The number of benzene rings is 1. The van der Waals surface area contributed by atoms with Crippen LogP contribution in [-0.4, -0.2) is 26.7 Å². The van der Waals surface area contributed by atoms with E-state index in [1.165, 1.54) is 0 Å². The lowest BCUT2D eigenvalue weighted by Crippen LogP contribution is -2.34. The van der Waals surface area contributed by atoms with E-state index in [-0.39, 0.29) is 6.04 Å². The van der Waals surface area contributed by atoms with Gasteiger partial charge in [-0.05, 0) is 50.8 Å². The van der Waals surface area contributed by atoms with Crippen LogP contribution in [0.15, 0.2) is 12.1 Å². The molecule has 0 aromatic heterocycles. The van der Waals surface area contributed by atoms with Crippen LogP contribution >= 0.6 is 0 Å². The Morgan fingerprint density at radius 1 is 1.40 bits per heavy atom. The van der Waals surface area contributed by atoms with E-state index in [0.717, 1.165) is 24.0 Å². The van der Waals surface area contributed by atoms with E-state index in [2.05, 4.69) is 5.32 Å². The lowest BCUT2D eigenvalue weighted by Gasteiger charge is -2.22. The van der Waals surface area contributed by atoms with Crippen LogP contribution in [0.5, 0.6) is 5.75 Å². The first-order chi connectivity index (χ1) is 9.30. The van der Waals surface area contributed by atoms with Gasteiger partial charge in [-0.3, -0.25) is 0 Å². The third-order valence-corrected chi connectivity index (χ3v) is 3.26. The van der Waals surface area contributed by atoms with Gasteiger partial charge >= 0.3 is 6.09 Å². The molecule has 1 aromatic carbocycles. The maximum atomic E-state index is 11.9. The summed E-state index contributed by atoms with van der Waals surface area (Å²) >= 11 is 0. The molecule has 1 aromatic rings. The summed E-state index contributed by atoms with van der Waals surface area (Å²) in [4.78, 5) is 11.9. The second kappa shape index (κ2) is 5.39. The lowest BCUT2D eigenvalue weighted by atomic mass is 9.91. The summed E-state index contributed by atoms with van der Waals surface area (Å²) < 4.78 is 10.5. The van der Waals surface area contributed by atoms with Gasteiger partial charge in [-0.25, -0.2) is 4.79 Å². The van der Waals surface area contributed by atoms with E-state index >= 15 is 0 Å². The number of methoxy groups -OCH3 is 1. The Hall–Kier alpha value is -1.65. The highest BCUT2D eigenvalue weighted by Crippen LogP contribution is 2.33. The fourth-order valence-corrected chi connectivity index (χ4v) is 2.43. The molecule has 1 unspecified atom stereocenters. The van der Waals surface area contributed by atoms with Crippen LogP contribution in [0.4, 0.5) is 4.79 Å². The van der Waals surface area contributed by atoms with Crippen molar-refractivity contribution < 1.29 is 14.3 Å². The molecule has 1 aliphatic carbocycles. The van der Waals surface area contributed by atoms with E-state index in [9.17, 15) is 4.79 Å². The molecule has 106 valence electrons. The van der Waals surface area contributed by atoms with E-state index < -0.39 is 11.7 Å². The number of carbonyl (C=O) groups is 1. The molecule has 2 rings (SSSR count). The first-order valence-electron chi connectivity index (χ1n) is 6.76. The fourth-order valence-electron chi connectivity index (χ4n) is 2.43. The Labute approximate surface area is 121 Å². The SMILES string of the molecule is [B]c1cc2c(cc1OC)C(NC(=O)OC(C)(C)C)CC2. The number of hydrogen-bond acceptors (Lipinski definition) is 3. The van der Waals surface area contributed by atoms with Gasteiger partial charge in [0.05, 0.1) is 13.2 Å². The molecule has 0 spiro atoms. The normalized spacial score (nSPS) is 17.5. The van der Waals surface area contributed by atoms with Gasteiger partial charge in [-0.2, -0.15) is 0 Å². The Kier molecular flexibility index (Phi) is 3.98. The van der Waals surface area contributed by atoms with Gasteiger partial charge in [0.15, 0.2) is 0 Å². The predicted octanol–water partition coefficient (Wildman–Crippen LogP) is 2.00. The molecule has 20 heavy (non-hydrogen) atoms. The van der Waals surface area contributed by atoms with Crippen molar-refractivity contribution in [2.24, 2.45) is 0 Å². The summed E-state index contributed by atoms with van der Waals surface area (Å²) in [7, 11) is 7.48. The smallest absolute Gasteiger partial charge is 0.408 e. The largest absolute Gasteiger partial charge is 0.497 e. The number of amides is 1. The van der Waals surface area contributed by atoms with Crippen molar-refractivity contribution >= 4 is 19.4 Å². The van der Waals surface area contributed by atoms with Gasteiger partial charge < -0.3 is 14.8 Å². The minimum absolute atomic E-state index is 0.0469. The van der Waals surface area contributed by atoms with E-state index in [0.29, 0.717) is 11.2 Å². The Balaban J connectivity index is 2.13. The molecular weight excluding hydrogens is 253 g/mol. The van der Waals surface area contributed by atoms with Crippen molar-refractivity contribution in [3.63, 3.8) is 0 Å². The zero-order chi connectivity index (χ0) is 14.9. The minimum Gasteiger partial charge on any atom is -0.497 e. The van der Waals surface area contributed by atoms with Crippen LogP contribution < -0.4 is 15.5 Å². The number of ether oxygens (including phenoxy) is 2. The molecular formula is C15H20BNO3. The molecule has 4 nitrogen and oxygen atoms in total. The minimum atomic E-state index is -0.496. The van der Waals surface area contributed by atoms with Crippen molar-refractivity contribution in [1.82, 2.24) is 5.32 Å². The predicted molar refractivity (Wildman–Crippen MR) is 78.8 cm³/mol. The van der Waals surface area contributed by atoms with Gasteiger partial charge in [0.2, 0.25) is 0 Å². The van der Waals surface area contributed by atoms with E-state index in [1.807, 2.05) is 32.9 Å². The van der Waals surface area contributed by atoms with E-state index in [1.54, 1.807) is 7.11 Å². The van der Waals surface area contributed by atoms with E-state index in [4.69, 9.17) is 17.3 Å². The third kappa shape index (κ3) is 3.27. The standard InChI is InChI=1S/C15H20BNO3/c1-15(2,3)20-14(18)17-12-6-5-9-7-11(16)13(19-4)8-10(9)12/h7-8,12H,5-6H2,1-4H3,(H,17,18). The molecule has 1 atom stereocenters. The highest BCUT2D eigenvalue weighted by Gasteiger charge is 2.27. The van der Waals surface area contributed by atoms with Crippen LogP contribution in [-0.2, 0) is 11.2 Å². The average molecular weight is 273 g/mol. The highest BCUT2D eigenvalue weighted by atomic mass is 16.6. The molecule has 0 fully saturated rings. The summed E-state index contributed by atoms with van der Waals surface area (Å²) in [6.45, 7) is 5.54. The molecule has 2 radical (unpaired) electrons. The van der Waals surface area contributed by atoms with Crippen LogP contribution in [0, 0.1) is 0 Å². The van der Waals surface area contributed by atoms with Gasteiger partial charge in [-0.15, -0.1) is 0 Å². The Bertz CT molecular complexity index is 523. The van der Waals surface area contributed by atoms with Crippen LogP contribution in [0.2, 0.25) is 0 Å². The number of carbonyl (C=O) groups excluding carboxylic acids is 1. The number of hydrogen-bond donors (Lipinski definition) is 1. The summed E-state index contributed by atoms with van der Waals surface area (Å²) in [5.74, 6) is 0.640. The zero-order valence-electron chi connectivity index (χ0n) is 12.4. The number of nitrogens with one attached hydrogen (secondary N) is 1. The third-order valence-electron chi connectivity index (χ3n) is 3.26. The number of aryl methyl sites for hydroxylation is 1. The Morgan fingerprint density at radius 2 is 2.10 bits per heavy atom. The highest BCUT2D eigenvalue weighted by molar-refractivity contribution is 6.34. The molecule has 0 bridgehead atoms. The molecule has 5 heteroatoms. The zero-order valence-corrected chi connectivity index (χ0v) is 12.4. The monoisotopic (exact) mass is 273 g/mol. The summed E-state index contributed by atoms with van der Waals surface area (Å²) in [5.41, 5.74) is 2.35. The first-order valence-corrected chi connectivity index (χ1v) is 6.76. The molecule has 0 heterocycles. The maximum absolute atomic E-state index is 11.9. The van der Waals surface area contributed by atoms with Gasteiger partial charge in [-0.1, -0.05) is 11.5 Å². The van der Waals surface area contributed by atoms with Gasteiger partial charge in [0.25, 0.3) is 0 Å². The lowest BCUT2D eigenvalue weighted by molar-refractivity contribution is 0.0503. The van der Waals surface area contributed by atoms with Crippen LogP contribution in [0.25, 0.3) is 0 Å². The summed E-state index contributed by atoms with van der Waals surface area (Å²) in [5, 5.41) is 2.90. The summed E-state index contributed by atoms with van der Waals surface area (Å²) in [6.07, 6.45) is 1.34. The maximum Gasteiger partial charge on any atom is 0.408 e. The summed E-state index contributed by atoms with van der Waals surface area (Å²) in [6, 6.07) is 3.78. The molecule has 0 aliphatic heterocycles. The Morgan fingerprint density at radius 3 is 2.70 bits per heavy atom. The van der Waals surface area contributed by atoms with Crippen molar-refractivity contribution in [3.05, 3.63) is 23.3 Å². The number of rotatable bonds is 2. The number of fused-ring (bicyclic) bond motifs is 1.